The molecule has 1 atom stereocenters. The van der Waals surface area contributed by atoms with Crippen LogP contribution in [0.25, 0.3) is 0 Å². The number of nitrogens with one attached hydrogen (secondary N) is 1. The van der Waals surface area contributed by atoms with Gasteiger partial charge in [-0.2, -0.15) is 0 Å². The summed E-state index contributed by atoms with van der Waals surface area (Å²) in [6.45, 7) is 4.33. The predicted octanol–water partition coefficient (Wildman–Crippen LogP) is 0.997. The fourth-order valence-corrected chi connectivity index (χ4v) is 1.78. The Morgan fingerprint density at radius 1 is 1.09 bits per heavy atom. The van der Waals surface area contributed by atoms with Gasteiger partial charge in [0.1, 0.15) is 18.5 Å². The molecule has 23 heavy (non-hydrogen) atoms. The molecule has 0 aliphatic rings. The minimum Gasteiger partial charge on any atom is -0.491 e. The molecule has 0 aromatic heterocycles. The molecule has 0 aliphatic heterocycles. The highest BCUT2D eigenvalue weighted by Crippen LogP contribution is 2.19. The van der Waals surface area contributed by atoms with Gasteiger partial charge >= 0.3 is 11.9 Å². The van der Waals surface area contributed by atoms with Crippen LogP contribution in [0.4, 0.5) is 0 Å². The number of esters is 2. The zero-order chi connectivity index (χ0) is 17.4. The van der Waals surface area contributed by atoms with Crippen LogP contribution >= 0.6 is 0 Å². The van der Waals surface area contributed by atoms with Crippen molar-refractivity contribution in [1.29, 1.82) is 0 Å². The van der Waals surface area contributed by atoms with Gasteiger partial charge in [-0.15, -0.1) is 0 Å². The van der Waals surface area contributed by atoms with Crippen LogP contribution in [0.3, 0.4) is 0 Å². The van der Waals surface area contributed by atoms with E-state index in [1.54, 1.807) is 0 Å². The number of hydrogen-bond donors (Lipinski definition) is 2. The standard InChI is InChI=1S/C16H23NO6/c1-10(2)17-8-13(18)9-23-14-6-11(15(19)21-3)5-12(7-14)16(20)22-4/h5-7,10,13,17-18H,8-9H2,1-4H3. The molecule has 1 aromatic carbocycles. The van der Waals surface area contributed by atoms with Crippen LogP contribution in [0.5, 0.6) is 5.75 Å². The van der Waals surface area contributed by atoms with Crippen LogP contribution in [0.15, 0.2) is 18.2 Å². The highest BCUT2D eigenvalue weighted by Gasteiger charge is 2.15. The van der Waals surface area contributed by atoms with Gasteiger partial charge in [0.25, 0.3) is 0 Å². The van der Waals surface area contributed by atoms with Gasteiger partial charge in [-0.05, 0) is 18.2 Å². The normalized spacial score (nSPS) is 11.9. The number of rotatable bonds is 8. The van der Waals surface area contributed by atoms with Gasteiger partial charge in [0.2, 0.25) is 0 Å². The Morgan fingerprint density at radius 3 is 2.04 bits per heavy atom. The Morgan fingerprint density at radius 2 is 1.61 bits per heavy atom. The Balaban J connectivity index is 2.84. The molecule has 0 spiro atoms. The maximum atomic E-state index is 11.7. The van der Waals surface area contributed by atoms with E-state index in [1.807, 2.05) is 13.8 Å². The first-order valence-corrected chi connectivity index (χ1v) is 7.23. The van der Waals surface area contributed by atoms with E-state index < -0.39 is 18.0 Å². The lowest BCUT2D eigenvalue weighted by molar-refractivity contribution is 0.0597. The Labute approximate surface area is 135 Å². The molecule has 0 aliphatic carbocycles. The average molecular weight is 325 g/mol. The topological polar surface area (TPSA) is 94.1 Å². The molecule has 1 rings (SSSR count). The summed E-state index contributed by atoms with van der Waals surface area (Å²) in [5.74, 6) is -0.915. The lowest BCUT2D eigenvalue weighted by Gasteiger charge is -2.15. The van der Waals surface area contributed by atoms with Gasteiger partial charge in [0.15, 0.2) is 0 Å². The number of aliphatic hydroxyl groups is 1. The molecule has 128 valence electrons. The Kier molecular flexibility index (Phi) is 7.50. The number of aliphatic hydroxyl groups excluding tert-OH is 1. The van der Waals surface area contributed by atoms with E-state index in [4.69, 9.17) is 4.74 Å². The van der Waals surface area contributed by atoms with Crippen molar-refractivity contribution in [3.05, 3.63) is 29.3 Å². The molecule has 7 nitrogen and oxygen atoms in total. The second-order valence-electron chi connectivity index (χ2n) is 5.26. The number of ether oxygens (including phenoxy) is 3. The van der Waals surface area contributed by atoms with Crippen molar-refractivity contribution in [2.45, 2.75) is 26.0 Å². The van der Waals surface area contributed by atoms with E-state index in [-0.39, 0.29) is 29.5 Å². The third-order valence-corrected chi connectivity index (χ3v) is 2.95. The van der Waals surface area contributed by atoms with Gasteiger partial charge in [-0.25, -0.2) is 9.59 Å². The van der Waals surface area contributed by atoms with E-state index in [1.165, 1.54) is 32.4 Å². The summed E-state index contributed by atoms with van der Waals surface area (Å²) >= 11 is 0. The third kappa shape index (κ3) is 6.25. The number of hydrogen-bond acceptors (Lipinski definition) is 7. The molecular weight excluding hydrogens is 302 g/mol. The quantitative estimate of drug-likeness (QED) is 0.689. The van der Waals surface area contributed by atoms with Crippen LogP contribution in [-0.2, 0) is 9.47 Å². The maximum Gasteiger partial charge on any atom is 0.338 e. The van der Waals surface area contributed by atoms with Gasteiger partial charge in [0, 0.05) is 12.6 Å². The first kappa shape index (κ1) is 18.9. The van der Waals surface area contributed by atoms with Crippen molar-refractivity contribution in [1.82, 2.24) is 5.32 Å². The van der Waals surface area contributed by atoms with Crippen molar-refractivity contribution in [2.75, 3.05) is 27.4 Å². The monoisotopic (exact) mass is 325 g/mol. The zero-order valence-corrected chi connectivity index (χ0v) is 13.8. The summed E-state index contributed by atoms with van der Waals surface area (Å²) in [5.41, 5.74) is 0.334. The average Bonchev–Trinajstić information content (AvgIpc) is 2.56. The summed E-state index contributed by atoms with van der Waals surface area (Å²) in [5, 5.41) is 12.9. The first-order valence-electron chi connectivity index (χ1n) is 7.23. The number of benzene rings is 1. The van der Waals surface area contributed by atoms with Crippen molar-refractivity contribution in [3.8, 4) is 5.75 Å². The van der Waals surface area contributed by atoms with Crippen molar-refractivity contribution >= 4 is 11.9 Å². The SMILES string of the molecule is COC(=O)c1cc(OCC(O)CNC(C)C)cc(C(=O)OC)c1. The van der Waals surface area contributed by atoms with Crippen molar-refractivity contribution in [3.63, 3.8) is 0 Å². The molecule has 0 saturated carbocycles. The molecule has 1 aromatic rings. The van der Waals surface area contributed by atoms with E-state index in [0.29, 0.717) is 6.54 Å². The molecule has 0 amide bonds. The molecule has 7 heteroatoms. The van der Waals surface area contributed by atoms with Gasteiger partial charge in [-0.1, -0.05) is 13.8 Å². The second kappa shape index (κ2) is 9.12. The fraction of sp³-hybridized carbons (Fsp3) is 0.500. The summed E-state index contributed by atoms with van der Waals surface area (Å²) < 4.78 is 14.8. The fourth-order valence-electron chi connectivity index (χ4n) is 1.78. The third-order valence-electron chi connectivity index (χ3n) is 2.95. The molecular formula is C16H23NO6. The Hall–Kier alpha value is -2.12. The molecule has 0 heterocycles. The molecule has 2 N–H and O–H groups in total. The zero-order valence-electron chi connectivity index (χ0n) is 13.8. The largest absolute Gasteiger partial charge is 0.491 e. The van der Waals surface area contributed by atoms with E-state index >= 15 is 0 Å². The molecule has 0 radical (unpaired) electrons. The lowest BCUT2D eigenvalue weighted by atomic mass is 10.1. The highest BCUT2D eigenvalue weighted by molar-refractivity contribution is 5.96. The van der Waals surface area contributed by atoms with E-state index in [0.717, 1.165) is 0 Å². The number of methoxy groups -OCH3 is 2. The minimum absolute atomic E-state index is 0.0188. The van der Waals surface area contributed by atoms with E-state index in [2.05, 4.69) is 14.8 Å². The lowest BCUT2D eigenvalue weighted by Crippen LogP contribution is -2.35. The smallest absolute Gasteiger partial charge is 0.338 e. The van der Waals surface area contributed by atoms with Crippen LogP contribution < -0.4 is 10.1 Å². The van der Waals surface area contributed by atoms with Crippen LogP contribution in [0.1, 0.15) is 34.6 Å². The number of carbonyl (C=O) groups is 2. The van der Waals surface area contributed by atoms with Gasteiger partial charge in [-0.3, -0.25) is 0 Å². The Bertz CT molecular complexity index is 509. The highest BCUT2D eigenvalue weighted by atomic mass is 16.5. The molecule has 0 fully saturated rings. The van der Waals surface area contributed by atoms with Crippen LogP contribution in [0.2, 0.25) is 0 Å². The van der Waals surface area contributed by atoms with Gasteiger partial charge in [0.05, 0.1) is 25.3 Å². The summed E-state index contributed by atoms with van der Waals surface area (Å²) in [6.07, 6.45) is -0.722. The van der Waals surface area contributed by atoms with Crippen molar-refractivity contribution in [2.24, 2.45) is 0 Å². The minimum atomic E-state index is -0.722. The summed E-state index contributed by atoms with van der Waals surface area (Å²) in [7, 11) is 2.49. The van der Waals surface area contributed by atoms with Crippen LogP contribution in [0, 0.1) is 0 Å². The summed E-state index contributed by atoms with van der Waals surface area (Å²) in [6, 6.07) is 4.50. The van der Waals surface area contributed by atoms with Gasteiger partial charge < -0.3 is 24.6 Å². The second-order valence-corrected chi connectivity index (χ2v) is 5.26. The maximum absolute atomic E-state index is 11.7. The number of carbonyl (C=O) groups excluding carboxylic acids is 2. The predicted molar refractivity (Wildman–Crippen MR) is 83.8 cm³/mol. The first-order chi connectivity index (χ1) is 10.9. The van der Waals surface area contributed by atoms with E-state index in [9.17, 15) is 14.7 Å². The summed E-state index contributed by atoms with van der Waals surface area (Å²) in [4.78, 5) is 23.3. The molecule has 1 unspecified atom stereocenters. The van der Waals surface area contributed by atoms with Crippen LogP contribution in [-0.4, -0.2) is 56.6 Å². The molecule has 0 bridgehead atoms. The van der Waals surface area contributed by atoms with Crippen molar-refractivity contribution < 1.29 is 28.9 Å². The molecule has 0 saturated heterocycles.